The van der Waals surface area contributed by atoms with Gasteiger partial charge in [0.2, 0.25) is 5.91 Å². The topological polar surface area (TPSA) is 101 Å². The number of carbonyl (C=O) groups excluding carboxylic acids is 1. The quantitative estimate of drug-likeness (QED) is 0.650. The van der Waals surface area contributed by atoms with Gasteiger partial charge in [0.25, 0.3) is 5.56 Å². The first-order valence-electron chi connectivity index (χ1n) is 5.66. The van der Waals surface area contributed by atoms with Crippen molar-refractivity contribution >= 4 is 5.91 Å². The Morgan fingerprint density at radius 3 is 2.83 bits per heavy atom. The summed E-state index contributed by atoms with van der Waals surface area (Å²) in [7, 11) is 1.65. The molecule has 1 aliphatic heterocycles. The highest BCUT2D eigenvalue weighted by molar-refractivity contribution is 5.82. The smallest absolute Gasteiger partial charge is 0.258 e. The van der Waals surface area contributed by atoms with Crippen molar-refractivity contribution in [3.63, 3.8) is 0 Å². The first-order chi connectivity index (χ1) is 8.45. The third-order valence-electron chi connectivity index (χ3n) is 3.21. The number of aliphatic hydroxyl groups is 1. The van der Waals surface area contributed by atoms with Crippen LogP contribution in [0.3, 0.4) is 0 Å². The first-order valence-corrected chi connectivity index (χ1v) is 5.66. The third kappa shape index (κ3) is 1.91. The summed E-state index contributed by atoms with van der Waals surface area (Å²) in [5, 5.41) is 8.87. The number of aryl methyl sites for hydroxylation is 1. The summed E-state index contributed by atoms with van der Waals surface area (Å²) in [5.74, 6) is 0.245. The van der Waals surface area contributed by atoms with E-state index < -0.39 is 12.6 Å². The van der Waals surface area contributed by atoms with E-state index in [-0.39, 0.29) is 24.6 Å². The van der Waals surface area contributed by atoms with Gasteiger partial charge in [-0.05, 0) is 6.92 Å². The lowest BCUT2D eigenvalue weighted by Crippen LogP contribution is -2.43. The van der Waals surface area contributed by atoms with Crippen LogP contribution < -0.4 is 11.3 Å². The minimum Gasteiger partial charge on any atom is -0.394 e. The van der Waals surface area contributed by atoms with E-state index in [0.717, 1.165) is 0 Å². The van der Waals surface area contributed by atoms with Gasteiger partial charge >= 0.3 is 0 Å². The predicted molar refractivity (Wildman–Crippen MR) is 63.5 cm³/mol. The minimum atomic E-state index is -0.940. The van der Waals surface area contributed by atoms with Gasteiger partial charge in [0.05, 0.1) is 31.0 Å². The molecule has 7 heteroatoms. The molecule has 0 aromatic carbocycles. The van der Waals surface area contributed by atoms with Crippen molar-refractivity contribution in [3.05, 3.63) is 27.4 Å². The molecule has 3 N–H and O–H groups in total. The van der Waals surface area contributed by atoms with E-state index in [0.29, 0.717) is 17.1 Å². The fourth-order valence-corrected chi connectivity index (χ4v) is 2.00. The van der Waals surface area contributed by atoms with Crippen LogP contribution in [0.15, 0.2) is 4.79 Å². The minimum absolute atomic E-state index is 0.134. The van der Waals surface area contributed by atoms with Crippen LogP contribution >= 0.6 is 0 Å². The number of aliphatic hydroxyl groups excluding tert-OH is 1. The van der Waals surface area contributed by atoms with Gasteiger partial charge in [0.1, 0.15) is 11.9 Å². The molecule has 98 valence electrons. The van der Waals surface area contributed by atoms with E-state index in [4.69, 9.17) is 10.8 Å². The molecule has 0 bridgehead atoms. The molecule has 7 nitrogen and oxygen atoms in total. The van der Waals surface area contributed by atoms with E-state index >= 15 is 0 Å². The van der Waals surface area contributed by atoms with E-state index in [1.807, 2.05) is 0 Å². The van der Waals surface area contributed by atoms with Crippen molar-refractivity contribution in [1.82, 2.24) is 14.5 Å². The van der Waals surface area contributed by atoms with Crippen LogP contribution in [-0.4, -0.2) is 38.1 Å². The Morgan fingerprint density at radius 2 is 2.22 bits per heavy atom. The van der Waals surface area contributed by atoms with Crippen molar-refractivity contribution in [2.75, 3.05) is 6.61 Å². The number of hydrogen-bond donors (Lipinski definition) is 2. The number of nitrogens with two attached hydrogens (primary N) is 1. The largest absolute Gasteiger partial charge is 0.394 e. The molecule has 0 saturated heterocycles. The molecule has 1 atom stereocenters. The van der Waals surface area contributed by atoms with Gasteiger partial charge in [0.15, 0.2) is 0 Å². The van der Waals surface area contributed by atoms with Gasteiger partial charge in [-0.25, -0.2) is 4.98 Å². The predicted octanol–water partition coefficient (Wildman–Crippen LogP) is -1.75. The van der Waals surface area contributed by atoms with Crippen molar-refractivity contribution in [2.24, 2.45) is 12.8 Å². The molecule has 0 saturated carbocycles. The summed E-state index contributed by atoms with van der Waals surface area (Å²) in [5.41, 5.74) is 6.50. The molecule has 2 rings (SSSR count). The number of rotatable bonds is 2. The van der Waals surface area contributed by atoms with Gasteiger partial charge < -0.3 is 15.7 Å². The Kier molecular flexibility index (Phi) is 3.18. The molecular weight excluding hydrogens is 236 g/mol. The fraction of sp³-hybridized carbons (Fsp3) is 0.545. The molecule has 0 radical (unpaired) electrons. The SMILES string of the molecule is Cc1nc2c(c(=O)n1C)CN(C(=O)[C@@H](N)CO)C2. The number of aromatic nitrogens is 2. The molecule has 0 fully saturated rings. The zero-order chi connectivity index (χ0) is 13.4. The van der Waals surface area contributed by atoms with Crippen molar-refractivity contribution in [1.29, 1.82) is 0 Å². The van der Waals surface area contributed by atoms with Gasteiger partial charge in [0, 0.05) is 7.05 Å². The molecule has 0 unspecified atom stereocenters. The molecule has 0 spiro atoms. The van der Waals surface area contributed by atoms with E-state index in [9.17, 15) is 9.59 Å². The van der Waals surface area contributed by atoms with Crippen molar-refractivity contribution in [2.45, 2.75) is 26.1 Å². The molecule has 0 aliphatic carbocycles. The summed E-state index contributed by atoms with van der Waals surface area (Å²) in [6.45, 7) is 1.82. The number of carbonyl (C=O) groups is 1. The van der Waals surface area contributed by atoms with Crippen molar-refractivity contribution in [3.8, 4) is 0 Å². The highest BCUT2D eigenvalue weighted by atomic mass is 16.3. The second-order valence-corrected chi connectivity index (χ2v) is 4.43. The van der Waals surface area contributed by atoms with E-state index in [1.54, 1.807) is 14.0 Å². The Balaban J connectivity index is 2.31. The molecule has 1 aromatic rings. The van der Waals surface area contributed by atoms with Crippen LogP contribution in [0.1, 0.15) is 17.1 Å². The van der Waals surface area contributed by atoms with Crippen molar-refractivity contribution < 1.29 is 9.90 Å². The Hall–Kier alpha value is -1.73. The van der Waals surface area contributed by atoms with E-state index in [1.165, 1.54) is 9.47 Å². The molecule has 1 amide bonds. The van der Waals surface area contributed by atoms with Crippen LogP contribution in [0.25, 0.3) is 0 Å². The summed E-state index contributed by atoms with van der Waals surface area (Å²) < 4.78 is 1.46. The molecule has 1 aliphatic rings. The van der Waals surface area contributed by atoms with Gasteiger partial charge in [-0.1, -0.05) is 0 Å². The summed E-state index contributed by atoms with van der Waals surface area (Å²) in [6, 6.07) is -0.940. The number of amides is 1. The summed E-state index contributed by atoms with van der Waals surface area (Å²) in [6.07, 6.45) is 0. The van der Waals surface area contributed by atoms with E-state index in [2.05, 4.69) is 4.98 Å². The lowest BCUT2D eigenvalue weighted by molar-refractivity contribution is -0.134. The van der Waals surface area contributed by atoms with Crippen LogP contribution in [0.4, 0.5) is 0 Å². The van der Waals surface area contributed by atoms with Crippen LogP contribution in [0.2, 0.25) is 0 Å². The van der Waals surface area contributed by atoms with Gasteiger partial charge in [-0.2, -0.15) is 0 Å². The number of fused-ring (bicyclic) bond motifs is 1. The maximum atomic E-state index is 12.0. The third-order valence-corrected chi connectivity index (χ3v) is 3.21. The highest BCUT2D eigenvalue weighted by Gasteiger charge is 2.30. The second kappa shape index (κ2) is 4.51. The van der Waals surface area contributed by atoms with Gasteiger partial charge in [-0.3, -0.25) is 14.2 Å². The number of hydrogen-bond acceptors (Lipinski definition) is 5. The maximum Gasteiger partial charge on any atom is 0.258 e. The lowest BCUT2D eigenvalue weighted by atomic mass is 10.2. The first kappa shape index (κ1) is 12.7. The zero-order valence-corrected chi connectivity index (χ0v) is 10.4. The summed E-state index contributed by atoms with van der Waals surface area (Å²) in [4.78, 5) is 29.6. The Bertz CT molecular complexity index is 552. The normalized spacial score (nSPS) is 15.7. The average molecular weight is 252 g/mol. The standard InChI is InChI=1S/C11H16N4O3/c1-6-13-9-4-15(11(18)8(12)5-16)3-7(9)10(17)14(6)2/h8,16H,3-5,12H2,1-2H3/t8-/m0/s1. The number of nitrogens with zero attached hydrogens (tertiary/aromatic N) is 3. The summed E-state index contributed by atoms with van der Waals surface area (Å²) >= 11 is 0. The Morgan fingerprint density at radius 1 is 1.56 bits per heavy atom. The molecule has 2 heterocycles. The Labute approximate surface area is 104 Å². The lowest BCUT2D eigenvalue weighted by Gasteiger charge is -2.18. The zero-order valence-electron chi connectivity index (χ0n) is 10.4. The molecule has 18 heavy (non-hydrogen) atoms. The average Bonchev–Trinajstić information content (AvgIpc) is 2.78. The highest BCUT2D eigenvalue weighted by Crippen LogP contribution is 2.18. The maximum absolute atomic E-state index is 12.0. The molecular formula is C11H16N4O3. The fourth-order valence-electron chi connectivity index (χ4n) is 2.00. The van der Waals surface area contributed by atoms with Crippen LogP contribution in [0.5, 0.6) is 0 Å². The van der Waals surface area contributed by atoms with Gasteiger partial charge in [-0.15, -0.1) is 0 Å². The monoisotopic (exact) mass is 252 g/mol. The second-order valence-electron chi connectivity index (χ2n) is 4.43. The molecule has 1 aromatic heterocycles. The van der Waals surface area contributed by atoms with Crippen LogP contribution in [0, 0.1) is 6.92 Å². The van der Waals surface area contributed by atoms with Crippen LogP contribution in [-0.2, 0) is 24.9 Å².